The monoisotopic (exact) mass is 402 g/mol. The van der Waals surface area contributed by atoms with Crippen molar-refractivity contribution in [3.63, 3.8) is 0 Å². The first-order chi connectivity index (χ1) is 14.2. The third-order valence-electron chi connectivity index (χ3n) is 5.83. The van der Waals surface area contributed by atoms with Gasteiger partial charge in [0.05, 0.1) is 32.9 Å². The SMILES string of the molecule is COc1ccc([C@H](c2nnnn2C[C@@H]2CCCO2)N2CCN(C)CC2)cc1OC. The molecule has 158 valence electrons. The minimum atomic E-state index is -0.0556. The van der Waals surface area contributed by atoms with Crippen LogP contribution in [0.15, 0.2) is 18.2 Å². The molecular weight excluding hydrogens is 372 g/mol. The molecule has 2 fully saturated rings. The molecule has 0 N–H and O–H groups in total. The second-order valence-corrected chi connectivity index (χ2v) is 7.71. The Morgan fingerprint density at radius 2 is 1.93 bits per heavy atom. The fourth-order valence-corrected chi connectivity index (χ4v) is 4.14. The van der Waals surface area contributed by atoms with Gasteiger partial charge in [-0.2, -0.15) is 0 Å². The molecule has 0 spiro atoms. The molecule has 4 rings (SSSR count). The van der Waals surface area contributed by atoms with E-state index in [1.807, 2.05) is 16.8 Å². The van der Waals surface area contributed by atoms with Gasteiger partial charge in [-0.25, -0.2) is 4.68 Å². The number of likely N-dealkylation sites (N-methyl/N-ethyl adjacent to an activating group) is 1. The number of nitrogens with zero attached hydrogens (tertiary/aromatic N) is 6. The van der Waals surface area contributed by atoms with E-state index in [1.54, 1.807) is 14.2 Å². The van der Waals surface area contributed by atoms with Crippen molar-refractivity contribution in [2.24, 2.45) is 0 Å². The van der Waals surface area contributed by atoms with Crippen LogP contribution in [0.5, 0.6) is 11.5 Å². The third-order valence-corrected chi connectivity index (χ3v) is 5.83. The quantitative estimate of drug-likeness (QED) is 0.684. The second-order valence-electron chi connectivity index (χ2n) is 7.71. The number of aromatic nitrogens is 4. The number of piperazine rings is 1. The van der Waals surface area contributed by atoms with Crippen LogP contribution in [0.25, 0.3) is 0 Å². The normalized spacial score (nSPS) is 22.0. The molecule has 1 aromatic carbocycles. The zero-order valence-electron chi connectivity index (χ0n) is 17.5. The van der Waals surface area contributed by atoms with E-state index >= 15 is 0 Å². The fourth-order valence-electron chi connectivity index (χ4n) is 4.14. The first-order valence-electron chi connectivity index (χ1n) is 10.2. The molecule has 0 radical (unpaired) electrons. The number of rotatable bonds is 7. The highest BCUT2D eigenvalue weighted by Gasteiger charge is 2.31. The van der Waals surface area contributed by atoms with Crippen molar-refractivity contribution in [1.82, 2.24) is 30.0 Å². The Labute approximate surface area is 171 Å². The molecule has 0 saturated carbocycles. The van der Waals surface area contributed by atoms with Gasteiger partial charge in [-0.05, 0) is 48.0 Å². The summed E-state index contributed by atoms with van der Waals surface area (Å²) in [5, 5.41) is 12.8. The molecule has 0 unspecified atom stereocenters. The maximum atomic E-state index is 5.82. The summed E-state index contributed by atoms with van der Waals surface area (Å²) in [4.78, 5) is 4.79. The number of ether oxygens (including phenoxy) is 3. The molecule has 2 atom stereocenters. The summed E-state index contributed by atoms with van der Waals surface area (Å²) in [5.41, 5.74) is 1.09. The van der Waals surface area contributed by atoms with E-state index in [0.29, 0.717) is 18.0 Å². The lowest BCUT2D eigenvalue weighted by atomic mass is 10.0. The predicted molar refractivity (Wildman–Crippen MR) is 107 cm³/mol. The largest absolute Gasteiger partial charge is 0.493 e. The molecule has 9 nitrogen and oxygen atoms in total. The standard InChI is InChI=1S/C20H30N6O3/c1-24-8-10-25(11-9-24)19(15-6-7-17(27-2)18(13-15)28-3)20-21-22-23-26(20)14-16-5-4-12-29-16/h6-7,13,16,19H,4-5,8-12,14H2,1-3H3/t16-,19+/m0/s1. The van der Waals surface area contributed by atoms with Gasteiger partial charge in [-0.3, -0.25) is 4.90 Å². The van der Waals surface area contributed by atoms with Gasteiger partial charge in [0.2, 0.25) is 0 Å². The first kappa shape index (κ1) is 20.1. The van der Waals surface area contributed by atoms with E-state index in [2.05, 4.69) is 38.4 Å². The van der Waals surface area contributed by atoms with Crippen LogP contribution in [0, 0.1) is 0 Å². The smallest absolute Gasteiger partial charge is 0.173 e. The highest BCUT2D eigenvalue weighted by Crippen LogP contribution is 2.35. The molecule has 1 aromatic heterocycles. The average molecular weight is 402 g/mol. The van der Waals surface area contributed by atoms with Gasteiger partial charge >= 0.3 is 0 Å². The summed E-state index contributed by atoms with van der Waals surface area (Å²) in [5.74, 6) is 2.27. The van der Waals surface area contributed by atoms with Gasteiger partial charge in [-0.15, -0.1) is 5.10 Å². The van der Waals surface area contributed by atoms with E-state index in [1.165, 1.54) is 0 Å². The first-order valence-corrected chi connectivity index (χ1v) is 10.2. The maximum absolute atomic E-state index is 5.82. The van der Waals surface area contributed by atoms with Gasteiger partial charge in [0.25, 0.3) is 0 Å². The van der Waals surface area contributed by atoms with Crippen molar-refractivity contribution < 1.29 is 14.2 Å². The van der Waals surface area contributed by atoms with Crippen LogP contribution in [-0.4, -0.2) is 90.2 Å². The molecule has 2 aromatic rings. The molecule has 0 bridgehead atoms. The number of hydrogen-bond acceptors (Lipinski definition) is 8. The highest BCUT2D eigenvalue weighted by molar-refractivity contribution is 5.45. The second kappa shape index (κ2) is 9.06. The maximum Gasteiger partial charge on any atom is 0.173 e. The van der Waals surface area contributed by atoms with E-state index in [0.717, 1.165) is 57.0 Å². The number of methoxy groups -OCH3 is 2. The number of tetrazole rings is 1. The molecule has 0 amide bonds. The van der Waals surface area contributed by atoms with Crippen LogP contribution in [0.1, 0.15) is 30.3 Å². The van der Waals surface area contributed by atoms with Crippen LogP contribution in [0.3, 0.4) is 0 Å². The summed E-state index contributed by atoms with van der Waals surface area (Å²) in [6, 6.07) is 6.01. The zero-order chi connectivity index (χ0) is 20.2. The minimum absolute atomic E-state index is 0.0556. The Morgan fingerprint density at radius 1 is 1.14 bits per heavy atom. The van der Waals surface area contributed by atoms with Gasteiger partial charge in [0.1, 0.15) is 0 Å². The molecular formula is C20H30N6O3. The van der Waals surface area contributed by atoms with Crippen LogP contribution >= 0.6 is 0 Å². The predicted octanol–water partition coefficient (Wildman–Crippen LogP) is 1.21. The number of benzene rings is 1. The van der Waals surface area contributed by atoms with Crippen molar-refractivity contribution in [2.45, 2.75) is 31.5 Å². The summed E-state index contributed by atoms with van der Waals surface area (Å²) >= 11 is 0. The Bertz CT molecular complexity index is 799. The third kappa shape index (κ3) is 4.36. The number of hydrogen-bond donors (Lipinski definition) is 0. The fraction of sp³-hybridized carbons (Fsp3) is 0.650. The van der Waals surface area contributed by atoms with Crippen molar-refractivity contribution in [1.29, 1.82) is 0 Å². The van der Waals surface area contributed by atoms with E-state index < -0.39 is 0 Å². The van der Waals surface area contributed by atoms with Gasteiger partial charge in [0, 0.05) is 32.8 Å². The molecule has 0 aliphatic carbocycles. The summed E-state index contributed by atoms with van der Waals surface area (Å²) in [7, 11) is 5.47. The Hall–Kier alpha value is -2.23. The Kier molecular flexibility index (Phi) is 6.27. The molecule has 29 heavy (non-hydrogen) atoms. The van der Waals surface area contributed by atoms with Crippen molar-refractivity contribution in [2.75, 3.05) is 54.1 Å². The Morgan fingerprint density at radius 3 is 2.62 bits per heavy atom. The van der Waals surface area contributed by atoms with Gasteiger partial charge in [-0.1, -0.05) is 6.07 Å². The van der Waals surface area contributed by atoms with Crippen molar-refractivity contribution in [3.8, 4) is 11.5 Å². The van der Waals surface area contributed by atoms with Crippen molar-refractivity contribution >= 4 is 0 Å². The van der Waals surface area contributed by atoms with Crippen molar-refractivity contribution in [3.05, 3.63) is 29.6 Å². The van der Waals surface area contributed by atoms with Gasteiger partial charge in [0.15, 0.2) is 17.3 Å². The topological polar surface area (TPSA) is 77.8 Å². The molecule has 2 aliphatic heterocycles. The zero-order valence-corrected chi connectivity index (χ0v) is 17.5. The van der Waals surface area contributed by atoms with Crippen LogP contribution in [0.2, 0.25) is 0 Å². The lowest BCUT2D eigenvalue weighted by Crippen LogP contribution is -2.46. The van der Waals surface area contributed by atoms with E-state index in [-0.39, 0.29) is 12.1 Å². The van der Waals surface area contributed by atoms with Crippen LogP contribution in [0.4, 0.5) is 0 Å². The summed E-state index contributed by atoms with van der Waals surface area (Å²) in [6.07, 6.45) is 2.32. The summed E-state index contributed by atoms with van der Waals surface area (Å²) in [6.45, 7) is 5.42. The molecule has 2 aliphatic rings. The van der Waals surface area contributed by atoms with Gasteiger partial charge < -0.3 is 19.1 Å². The lowest BCUT2D eigenvalue weighted by Gasteiger charge is -2.37. The van der Waals surface area contributed by atoms with E-state index in [9.17, 15) is 0 Å². The lowest BCUT2D eigenvalue weighted by molar-refractivity contribution is 0.0878. The average Bonchev–Trinajstić information content (AvgIpc) is 3.42. The molecule has 3 heterocycles. The van der Waals surface area contributed by atoms with Crippen LogP contribution < -0.4 is 9.47 Å². The molecule has 2 saturated heterocycles. The van der Waals surface area contributed by atoms with Crippen LogP contribution in [-0.2, 0) is 11.3 Å². The van der Waals surface area contributed by atoms with E-state index in [4.69, 9.17) is 14.2 Å². The molecule has 9 heteroatoms. The highest BCUT2D eigenvalue weighted by atomic mass is 16.5. The Balaban J connectivity index is 1.69. The minimum Gasteiger partial charge on any atom is -0.493 e. The summed E-state index contributed by atoms with van der Waals surface area (Å²) < 4.78 is 18.7.